The second kappa shape index (κ2) is 7.85. The molecule has 2 fully saturated rings. The molecular weight excluding hydrogens is 316 g/mol. The molecule has 2 aliphatic rings. The van der Waals surface area contributed by atoms with Gasteiger partial charge in [0.25, 0.3) is 0 Å². The predicted octanol–water partition coefficient (Wildman–Crippen LogP) is 1.90. The summed E-state index contributed by atoms with van der Waals surface area (Å²) in [6, 6.07) is 10.2. The molecule has 1 aromatic rings. The van der Waals surface area contributed by atoms with Crippen LogP contribution in [0, 0.1) is 5.41 Å². The Hall–Kier alpha value is -1.43. The van der Waals surface area contributed by atoms with Gasteiger partial charge in [-0.1, -0.05) is 30.3 Å². The van der Waals surface area contributed by atoms with E-state index in [1.165, 1.54) is 5.56 Å². The lowest BCUT2D eigenvalue weighted by atomic mass is 9.58. The van der Waals surface area contributed by atoms with Crippen LogP contribution in [0.1, 0.15) is 31.7 Å². The molecule has 1 N–H and O–H groups in total. The van der Waals surface area contributed by atoms with Gasteiger partial charge in [0.15, 0.2) is 0 Å². The number of rotatable bonds is 6. The maximum absolute atomic E-state index is 12.6. The molecular formula is C20H30N2O3. The quantitative estimate of drug-likeness (QED) is 0.855. The lowest BCUT2D eigenvalue weighted by Gasteiger charge is -2.56. The normalized spacial score (nSPS) is 25.2. The van der Waals surface area contributed by atoms with E-state index in [0.717, 1.165) is 38.9 Å². The van der Waals surface area contributed by atoms with Crippen molar-refractivity contribution in [3.8, 4) is 0 Å². The van der Waals surface area contributed by atoms with Gasteiger partial charge in [0, 0.05) is 38.1 Å². The molecule has 5 nitrogen and oxygen atoms in total. The number of hydrogen-bond acceptors (Lipinski definition) is 4. The second-order valence-corrected chi connectivity index (χ2v) is 7.47. The van der Waals surface area contributed by atoms with E-state index in [0.29, 0.717) is 13.2 Å². The Morgan fingerprint density at radius 3 is 2.60 bits per heavy atom. The van der Waals surface area contributed by atoms with Gasteiger partial charge in [0.1, 0.15) is 0 Å². The van der Waals surface area contributed by atoms with E-state index in [1.807, 2.05) is 37.1 Å². The Morgan fingerprint density at radius 2 is 2.00 bits per heavy atom. The third kappa shape index (κ3) is 3.89. The van der Waals surface area contributed by atoms with Crippen molar-refractivity contribution in [3.63, 3.8) is 0 Å². The Bertz CT molecular complexity index is 568. The Balaban J connectivity index is 1.48. The minimum atomic E-state index is -0.276. The maximum atomic E-state index is 12.6. The second-order valence-electron chi connectivity index (χ2n) is 7.47. The molecule has 138 valence electrons. The van der Waals surface area contributed by atoms with Gasteiger partial charge < -0.3 is 14.7 Å². The number of ether oxygens (including phenoxy) is 1. The highest BCUT2D eigenvalue weighted by molar-refractivity contribution is 5.78. The van der Waals surface area contributed by atoms with Crippen LogP contribution in [0.3, 0.4) is 0 Å². The zero-order valence-electron chi connectivity index (χ0n) is 15.4. The fraction of sp³-hybridized carbons (Fsp3) is 0.650. The molecule has 25 heavy (non-hydrogen) atoms. The SMILES string of the molecule is CCOC1CC(O)C12CCN(C(=O)CN(C)Cc1ccccc1)CC2. The van der Waals surface area contributed by atoms with Gasteiger partial charge in [-0.2, -0.15) is 0 Å². The monoisotopic (exact) mass is 346 g/mol. The lowest BCUT2D eigenvalue weighted by molar-refractivity contribution is -0.210. The number of amides is 1. The van der Waals surface area contributed by atoms with Crippen LogP contribution in [0.5, 0.6) is 0 Å². The number of likely N-dealkylation sites (N-methyl/N-ethyl adjacent to an activating group) is 1. The van der Waals surface area contributed by atoms with Gasteiger partial charge >= 0.3 is 0 Å². The number of hydrogen-bond donors (Lipinski definition) is 1. The molecule has 1 saturated carbocycles. The zero-order valence-corrected chi connectivity index (χ0v) is 15.4. The Morgan fingerprint density at radius 1 is 1.32 bits per heavy atom. The van der Waals surface area contributed by atoms with E-state index < -0.39 is 0 Å². The Labute approximate surface area is 150 Å². The highest BCUT2D eigenvalue weighted by Crippen LogP contribution is 2.50. The first-order valence-corrected chi connectivity index (χ1v) is 9.35. The van der Waals surface area contributed by atoms with Crippen molar-refractivity contribution in [2.24, 2.45) is 5.41 Å². The third-order valence-electron chi connectivity index (χ3n) is 5.86. The van der Waals surface area contributed by atoms with E-state index in [9.17, 15) is 9.90 Å². The Kier molecular flexibility index (Phi) is 5.77. The van der Waals surface area contributed by atoms with Crippen molar-refractivity contribution in [2.75, 3.05) is 33.3 Å². The van der Waals surface area contributed by atoms with Gasteiger partial charge in [-0.25, -0.2) is 0 Å². The average molecular weight is 346 g/mol. The van der Waals surface area contributed by atoms with E-state index >= 15 is 0 Å². The summed E-state index contributed by atoms with van der Waals surface area (Å²) in [4.78, 5) is 16.6. The highest BCUT2D eigenvalue weighted by Gasteiger charge is 2.56. The standard InChI is InChI=1S/C20H30N2O3/c1-3-25-18-13-17(23)20(18)9-11-22(12-10-20)19(24)15-21(2)14-16-7-5-4-6-8-16/h4-8,17-18,23H,3,9-15H2,1-2H3. The van der Waals surface area contributed by atoms with Crippen molar-refractivity contribution in [1.29, 1.82) is 0 Å². The molecule has 1 amide bonds. The van der Waals surface area contributed by atoms with Crippen molar-refractivity contribution in [1.82, 2.24) is 9.80 Å². The van der Waals surface area contributed by atoms with Crippen molar-refractivity contribution in [3.05, 3.63) is 35.9 Å². The fourth-order valence-electron chi connectivity index (χ4n) is 4.27. The molecule has 1 heterocycles. The number of piperidine rings is 1. The number of carbonyl (C=O) groups excluding carboxylic acids is 1. The molecule has 0 radical (unpaired) electrons. The van der Waals surface area contributed by atoms with Crippen LogP contribution in [0.15, 0.2) is 30.3 Å². The van der Waals surface area contributed by atoms with Gasteiger partial charge in [0.2, 0.25) is 5.91 Å². The van der Waals surface area contributed by atoms with E-state index in [4.69, 9.17) is 4.74 Å². The summed E-state index contributed by atoms with van der Waals surface area (Å²) in [5.41, 5.74) is 1.09. The van der Waals surface area contributed by atoms with Crippen LogP contribution in [0.2, 0.25) is 0 Å². The summed E-state index contributed by atoms with van der Waals surface area (Å²) in [6.45, 7) is 5.33. The predicted molar refractivity (Wildman–Crippen MR) is 97.1 cm³/mol. The smallest absolute Gasteiger partial charge is 0.236 e. The van der Waals surface area contributed by atoms with Gasteiger partial charge in [-0.15, -0.1) is 0 Å². The van der Waals surface area contributed by atoms with Crippen LogP contribution in [0.25, 0.3) is 0 Å². The summed E-state index contributed by atoms with van der Waals surface area (Å²) in [7, 11) is 1.98. The largest absolute Gasteiger partial charge is 0.392 e. The molecule has 1 aromatic carbocycles. The van der Waals surface area contributed by atoms with Crippen LogP contribution >= 0.6 is 0 Å². The summed E-state index contributed by atoms with van der Waals surface area (Å²) >= 11 is 0. The lowest BCUT2D eigenvalue weighted by Crippen LogP contribution is -2.63. The zero-order chi connectivity index (χ0) is 17.9. The van der Waals surface area contributed by atoms with Gasteiger partial charge in [0.05, 0.1) is 18.8 Å². The first kappa shape index (κ1) is 18.4. The maximum Gasteiger partial charge on any atom is 0.236 e. The summed E-state index contributed by atoms with van der Waals surface area (Å²) in [5.74, 6) is 0.176. The van der Waals surface area contributed by atoms with Crippen LogP contribution in [-0.2, 0) is 16.1 Å². The number of benzene rings is 1. The van der Waals surface area contributed by atoms with Crippen molar-refractivity contribution < 1.29 is 14.6 Å². The fourth-order valence-corrected chi connectivity index (χ4v) is 4.27. The molecule has 5 heteroatoms. The molecule has 1 aliphatic carbocycles. The van der Waals surface area contributed by atoms with Crippen molar-refractivity contribution in [2.45, 2.75) is 44.9 Å². The van der Waals surface area contributed by atoms with Gasteiger partial charge in [-0.05, 0) is 32.4 Å². The number of nitrogens with zero attached hydrogens (tertiary/aromatic N) is 2. The topological polar surface area (TPSA) is 53.0 Å². The molecule has 0 aromatic heterocycles. The van der Waals surface area contributed by atoms with Crippen LogP contribution in [-0.4, -0.2) is 66.3 Å². The van der Waals surface area contributed by atoms with E-state index in [-0.39, 0.29) is 23.5 Å². The summed E-state index contributed by atoms with van der Waals surface area (Å²) < 4.78 is 5.80. The first-order chi connectivity index (χ1) is 12.0. The number of carbonyl (C=O) groups is 1. The van der Waals surface area contributed by atoms with Gasteiger partial charge in [-0.3, -0.25) is 9.69 Å². The van der Waals surface area contributed by atoms with Crippen LogP contribution in [0.4, 0.5) is 0 Å². The molecule has 3 rings (SSSR count). The van der Waals surface area contributed by atoms with E-state index in [2.05, 4.69) is 17.0 Å². The van der Waals surface area contributed by atoms with Crippen molar-refractivity contribution >= 4 is 5.91 Å². The molecule has 2 atom stereocenters. The number of aliphatic hydroxyl groups excluding tert-OH is 1. The summed E-state index contributed by atoms with van der Waals surface area (Å²) in [6.07, 6.45) is 2.30. The molecule has 1 saturated heterocycles. The molecule has 1 aliphatic heterocycles. The van der Waals surface area contributed by atoms with E-state index in [1.54, 1.807) is 0 Å². The third-order valence-corrected chi connectivity index (χ3v) is 5.86. The summed E-state index contributed by atoms with van der Waals surface area (Å²) in [5, 5.41) is 10.3. The molecule has 1 spiro atoms. The van der Waals surface area contributed by atoms with Crippen LogP contribution < -0.4 is 0 Å². The molecule has 0 bridgehead atoms. The number of aliphatic hydroxyl groups is 1. The average Bonchev–Trinajstić information content (AvgIpc) is 2.62. The highest BCUT2D eigenvalue weighted by atomic mass is 16.5. The molecule has 2 unspecified atom stereocenters. The number of likely N-dealkylation sites (tertiary alicyclic amines) is 1. The first-order valence-electron chi connectivity index (χ1n) is 9.35. The minimum absolute atomic E-state index is 0.122. The minimum Gasteiger partial charge on any atom is -0.392 e.